The highest BCUT2D eigenvalue weighted by Crippen LogP contribution is 2.31. The molecule has 7 heteroatoms. The van der Waals surface area contributed by atoms with Gasteiger partial charge in [0.1, 0.15) is 0 Å². The number of aromatic nitrogens is 1. The molecule has 1 fully saturated rings. The Morgan fingerprint density at radius 3 is 2.85 bits per heavy atom. The molecule has 0 saturated carbocycles. The molecule has 0 unspecified atom stereocenters. The summed E-state index contributed by atoms with van der Waals surface area (Å²) in [6, 6.07) is 7.77. The van der Waals surface area contributed by atoms with E-state index in [1.165, 1.54) is 27.0 Å². The van der Waals surface area contributed by atoms with Crippen molar-refractivity contribution in [3.63, 3.8) is 0 Å². The molecule has 0 spiro atoms. The maximum absolute atomic E-state index is 11.9. The number of rotatable bonds is 5. The van der Waals surface area contributed by atoms with Crippen LogP contribution in [-0.2, 0) is 0 Å². The van der Waals surface area contributed by atoms with Gasteiger partial charge in [-0.3, -0.25) is 4.79 Å². The molecule has 0 atom stereocenters. The molecule has 1 saturated heterocycles. The van der Waals surface area contributed by atoms with E-state index in [2.05, 4.69) is 36.2 Å². The van der Waals surface area contributed by atoms with E-state index >= 15 is 0 Å². The highest BCUT2D eigenvalue weighted by atomic mass is 32.1. The quantitative estimate of drug-likeness (QED) is 0.701. The number of nitrogens with one attached hydrogen (secondary N) is 2. The van der Waals surface area contributed by atoms with Crippen LogP contribution in [0.15, 0.2) is 34.9 Å². The number of amides is 1. The third-order valence-corrected chi connectivity index (χ3v) is 6.41. The molecule has 0 aliphatic carbocycles. The van der Waals surface area contributed by atoms with Crippen LogP contribution < -0.4 is 15.1 Å². The zero-order valence-electron chi connectivity index (χ0n) is 15.7. The van der Waals surface area contributed by atoms with Crippen LogP contribution in [0.3, 0.4) is 0 Å². The van der Waals surface area contributed by atoms with E-state index in [0.29, 0.717) is 12.3 Å². The standard InChI is InChI=1S/C20H24N4O2S/c1-14-5-6-17-18(15(14)2)22-20(27-17)24-11-9-23(10-12-24)8-7-21-19(25)16-4-3-13-26-16/h3-6,13H,7-12H2,1-2H3,(H,21,25)/p+1. The summed E-state index contributed by atoms with van der Waals surface area (Å²) >= 11 is 1.79. The summed E-state index contributed by atoms with van der Waals surface area (Å²) in [5, 5.41) is 4.06. The predicted octanol–water partition coefficient (Wildman–Crippen LogP) is 1.64. The van der Waals surface area contributed by atoms with Gasteiger partial charge < -0.3 is 19.5 Å². The summed E-state index contributed by atoms with van der Waals surface area (Å²) in [6.07, 6.45) is 1.52. The minimum Gasteiger partial charge on any atom is -0.459 e. The molecule has 1 aromatic carbocycles. The van der Waals surface area contributed by atoms with Gasteiger partial charge in [0.2, 0.25) is 0 Å². The summed E-state index contributed by atoms with van der Waals surface area (Å²) in [4.78, 5) is 20.7. The van der Waals surface area contributed by atoms with Gasteiger partial charge in [-0.15, -0.1) is 0 Å². The fourth-order valence-electron chi connectivity index (χ4n) is 3.46. The number of nitrogens with zero attached hydrogens (tertiary/aromatic N) is 2. The van der Waals surface area contributed by atoms with Crippen molar-refractivity contribution >= 4 is 32.6 Å². The van der Waals surface area contributed by atoms with E-state index in [4.69, 9.17) is 9.40 Å². The van der Waals surface area contributed by atoms with Crippen molar-refractivity contribution in [2.45, 2.75) is 13.8 Å². The van der Waals surface area contributed by atoms with Crippen LogP contribution in [0.2, 0.25) is 0 Å². The van der Waals surface area contributed by atoms with Crippen LogP contribution in [0.1, 0.15) is 21.7 Å². The van der Waals surface area contributed by atoms with Crippen molar-refractivity contribution in [2.24, 2.45) is 0 Å². The molecule has 0 radical (unpaired) electrons. The average molecular weight is 386 g/mol. The van der Waals surface area contributed by atoms with Gasteiger partial charge in [0.05, 0.1) is 55.7 Å². The number of thiazole rings is 1. The SMILES string of the molecule is Cc1ccc2sc(N3CC[NH+](CCNC(=O)c4ccco4)CC3)nc2c1C. The number of carbonyl (C=O) groups excluding carboxylic acids is 1. The number of hydrogen-bond donors (Lipinski definition) is 2. The lowest BCUT2D eigenvalue weighted by Gasteiger charge is -2.31. The van der Waals surface area contributed by atoms with E-state index in [1.807, 2.05) is 0 Å². The minimum atomic E-state index is -0.141. The Kier molecular flexibility index (Phi) is 5.13. The normalized spacial score (nSPS) is 15.4. The molecule has 2 aromatic heterocycles. The number of piperazine rings is 1. The zero-order chi connectivity index (χ0) is 18.8. The highest BCUT2D eigenvalue weighted by Gasteiger charge is 2.23. The zero-order valence-corrected chi connectivity index (χ0v) is 16.6. The second-order valence-electron chi connectivity index (χ2n) is 7.07. The first-order chi connectivity index (χ1) is 13.1. The van der Waals surface area contributed by atoms with Crippen molar-refractivity contribution in [1.29, 1.82) is 0 Å². The second kappa shape index (κ2) is 7.70. The van der Waals surface area contributed by atoms with Gasteiger partial charge in [-0.2, -0.15) is 0 Å². The Morgan fingerprint density at radius 2 is 2.11 bits per heavy atom. The van der Waals surface area contributed by atoms with Crippen LogP contribution >= 0.6 is 11.3 Å². The maximum atomic E-state index is 11.9. The van der Waals surface area contributed by atoms with Crippen LogP contribution in [0.4, 0.5) is 5.13 Å². The number of quaternary nitrogens is 1. The van der Waals surface area contributed by atoms with Gasteiger partial charge >= 0.3 is 0 Å². The summed E-state index contributed by atoms with van der Waals surface area (Å²) in [7, 11) is 0. The van der Waals surface area contributed by atoms with Crippen molar-refractivity contribution in [1.82, 2.24) is 10.3 Å². The molecule has 27 heavy (non-hydrogen) atoms. The van der Waals surface area contributed by atoms with Crippen LogP contribution in [0.5, 0.6) is 0 Å². The lowest BCUT2D eigenvalue weighted by molar-refractivity contribution is -0.899. The summed E-state index contributed by atoms with van der Waals surface area (Å²) in [5.74, 6) is 0.231. The van der Waals surface area contributed by atoms with Crippen molar-refractivity contribution in [3.05, 3.63) is 47.4 Å². The van der Waals surface area contributed by atoms with E-state index in [-0.39, 0.29) is 5.91 Å². The smallest absolute Gasteiger partial charge is 0.287 e. The third kappa shape index (κ3) is 3.84. The third-order valence-electron chi connectivity index (χ3n) is 5.32. The molecular formula is C20H25N4O2S+. The Hall–Kier alpha value is -2.38. The molecule has 0 bridgehead atoms. The second-order valence-corrected chi connectivity index (χ2v) is 8.08. The summed E-state index contributed by atoms with van der Waals surface area (Å²) in [6.45, 7) is 10.0. The summed E-state index contributed by atoms with van der Waals surface area (Å²) in [5.41, 5.74) is 3.72. The molecular weight excluding hydrogens is 360 g/mol. The first kappa shape index (κ1) is 18.0. The lowest BCUT2D eigenvalue weighted by atomic mass is 10.1. The molecule has 1 aliphatic heterocycles. The molecule has 1 aliphatic rings. The van der Waals surface area contributed by atoms with Gasteiger partial charge in [0, 0.05) is 0 Å². The van der Waals surface area contributed by atoms with E-state index in [1.54, 1.807) is 23.5 Å². The molecule has 3 heterocycles. The first-order valence-corrected chi connectivity index (χ1v) is 10.2. The largest absolute Gasteiger partial charge is 0.459 e. The van der Waals surface area contributed by atoms with Crippen molar-refractivity contribution in [2.75, 3.05) is 44.2 Å². The number of anilines is 1. The lowest BCUT2D eigenvalue weighted by Crippen LogP contribution is -3.15. The van der Waals surface area contributed by atoms with Gasteiger partial charge in [0.25, 0.3) is 5.91 Å². The van der Waals surface area contributed by atoms with Crippen molar-refractivity contribution in [3.8, 4) is 0 Å². The Balaban J connectivity index is 1.29. The topological polar surface area (TPSA) is 62.8 Å². The summed E-state index contributed by atoms with van der Waals surface area (Å²) < 4.78 is 6.38. The molecule has 142 valence electrons. The number of aryl methyl sites for hydroxylation is 2. The number of carbonyl (C=O) groups is 1. The monoisotopic (exact) mass is 385 g/mol. The van der Waals surface area contributed by atoms with Crippen LogP contribution in [-0.4, -0.2) is 50.2 Å². The number of furan rings is 1. The van der Waals surface area contributed by atoms with Gasteiger partial charge in [-0.1, -0.05) is 17.4 Å². The average Bonchev–Trinajstić information content (AvgIpc) is 3.35. The van der Waals surface area contributed by atoms with Gasteiger partial charge in [0.15, 0.2) is 10.9 Å². The first-order valence-electron chi connectivity index (χ1n) is 9.39. The van der Waals surface area contributed by atoms with Gasteiger partial charge in [-0.25, -0.2) is 4.98 Å². The number of hydrogen-bond acceptors (Lipinski definition) is 5. The number of benzene rings is 1. The fourth-order valence-corrected chi connectivity index (χ4v) is 4.54. The van der Waals surface area contributed by atoms with E-state index < -0.39 is 0 Å². The minimum absolute atomic E-state index is 0.141. The van der Waals surface area contributed by atoms with Gasteiger partial charge in [-0.05, 0) is 43.2 Å². The maximum Gasteiger partial charge on any atom is 0.287 e. The molecule has 4 rings (SSSR count). The van der Waals surface area contributed by atoms with E-state index in [9.17, 15) is 4.79 Å². The Bertz CT molecular complexity index is 927. The molecule has 3 aromatic rings. The number of fused-ring (bicyclic) bond motifs is 1. The highest BCUT2D eigenvalue weighted by molar-refractivity contribution is 7.22. The molecule has 6 nitrogen and oxygen atoms in total. The van der Waals surface area contributed by atoms with Crippen molar-refractivity contribution < 1.29 is 14.1 Å². The fraction of sp³-hybridized carbons (Fsp3) is 0.400. The molecule has 1 amide bonds. The Morgan fingerprint density at radius 1 is 1.30 bits per heavy atom. The van der Waals surface area contributed by atoms with Crippen LogP contribution in [0, 0.1) is 13.8 Å². The molecule has 2 N–H and O–H groups in total. The van der Waals surface area contributed by atoms with Crippen LogP contribution in [0.25, 0.3) is 10.2 Å². The Labute approximate surface area is 162 Å². The van der Waals surface area contributed by atoms with E-state index in [0.717, 1.165) is 43.4 Å². The predicted molar refractivity (Wildman–Crippen MR) is 108 cm³/mol.